The molecule has 2 nitrogen and oxygen atoms in total. The third-order valence-electron chi connectivity index (χ3n) is 4.06. The molecule has 1 fully saturated rings. The molecule has 0 radical (unpaired) electrons. The first-order valence-corrected chi connectivity index (χ1v) is 7.44. The number of benzene rings is 1. The number of hydrogen-bond donors (Lipinski definition) is 0. The first kappa shape index (κ1) is 12.6. The molecule has 0 saturated heterocycles. The maximum atomic E-state index is 4.74. The molecule has 100 valence electrons. The Morgan fingerprint density at radius 1 is 1.26 bits per heavy atom. The largest absolute Gasteiger partial charge is 0.264 e. The van der Waals surface area contributed by atoms with Gasteiger partial charge in [0.25, 0.3) is 0 Å². The van der Waals surface area contributed by atoms with Gasteiger partial charge in [0.15, 0.2) is 0 Å². The molecular weight excluding hydrogens is 232 g/mol. The van der Waals surface area contributed by atoms with Gasteiger partial charge in [-0.2, -0.15) is 0 Å². The zero-order valence-corrected chi connectivity index (χ0v) is 12.1. The van der Waals surface area contributed by atoms with E-state index in [1.54, 1.807) is 0 Å². The lowest BCUT2D eigenvalue weighted by molar-refractivity contribution is 0.844. The molecule has 0 amide bonds. The van der Waals surface area contributed by atoms with Crippen molar-refractivity contribution < 1.29 is 0 Å². The van der Waals surface area contributed by atoms with Crippen LogP contribution in [-0.2, 0) is 6.42 Å². The third-order valence-corrected chi connectivity index (χ3v) is 4.06. The minimum atomic E-state index is 0.591. The number of aryl methyl sites for hydroxylation is 1. The Hall–Kier alpha value is -1.44. The van der Waals surface area contributed by atoms with E-state index in [-0.39, 0.29) is 0 Å². The van der Waals surface area contributed by atoms with Crippen LogP contribution in [0.5, 0.6) is 0 Å². The third kappa shape index (κ3) is 2.49. The van der Waals surface area contributed by atoms with Crippen LogP contribution >= 0.6 is 0 Å². The zero-order valence-electron chi connectivity index (χ0n) is 12.1. The van der Waals surface area contributed by atoms with Gasteiger partial charge in [0.1, 0.15) is 5.84 Å². The van der Waals surface area contributed by atoms with E-state index in [4.69, 9.17) is 4.99 Å². The maximum Gasteiger partial charge on any atom is 0.127 e. The predicted octanol–water partition coefficient (Wildman–Crippen LogP) is 3.98. The zero-order chi connectivity index (χ0) is 13.4. The van der Waals surface area contributed by atoms with Crippen LogP contribution in [-0.4, -0.2) is 18.1 Å². The lowest BCUT2D eigenvalue weighted by atomic mass is 9.93. The van der Waals surface area contributed by atoms with Gasteiger partial charge < -0.3 is 0 Å². The lowest BCUT2D eigenvalue weighted by Gasteiger charge is -2.13. The molecule has 0 atom stereocenters. The van der Waals surface area contributed by atoms with Gasteiger partial charge in [-0.05, 0) is 47.9 Å². The van der Waals surface area contributed by atoms with Crippen molar-refractivity contribution in [1.82, 2.24) is 0 Å². The van der Waals surface area contributed by atoms with E-state index in [9.17, 15) is 0 Å². The SMILES string of the molecule is CCc1cc(C2=NC(C3CC3)=NC2)ccc1C(C)C. The minimum Gasteiger partial charge on any atom is -0.264 e. The number of rotatable bonds is 4. The highest BCUT2D eigenvalue weighted by Gasteiger charge is 2.30. The summed E-state index contributed by atoms with van der Waals surface area (Å²) in [6, 6.07) is 6.81. The van der Waals surface area contributed by atoms with Gasteiger partial charge in [0.2, 0.25) is 0 Å². The summed E-state index contributed by atoms with van der Waals surface area (Å²) >= 11 is 0. The van der Waals surface area contributed by atoms with Crippen molar-refractivity contribution in [3.8, 4) is 0 Å². The average molecular weight is 254 g/mol. The van der Waals surface area contributed by atoms with Gasteiger partial charge in [0, 0.05) is 5.92 Å². The Labute approximate surface area is 115 Å². The fraction of sp³-hybridized carbons (Fsp3) is 0.529. The second-order valence-electron chi connectivity index (χ2n) is 5.93. The molecule has 0 N–H and O–H groups in total. The standard InChI is InChI=1S/C17H22N2/c1-4-12-9-14(7-8-15(12)11(2)3)16-10-18-17(19-16)13-5-6-13/h7-9,11,13H,4-6,10H2,1-3H3. The summed E-state index contributed by atoms with van der Waals surface area (Å²) in [7, 11) is 0. The summed E-state index contributed by atoms with van der Waals surface area (Å²) in [5.74, 6) is 2.35. The molecule has 1 aliphatic carbocycles. The first-order valence-electron chi connectivity index (χ1n) is 7.44. The molecule has 1 aromatic carbocycles. The molecule has 1 aromatic rings. The predicted molar refractivity (Wildman–Crippen MR) is 81.5 cm³/mol. The Morgan fingerprint density at radius 2 is 2.05 bits per heavy atom. The topological polar surface area (TPSA) is 24.7 Å². The van der Waals surface area contributed by atoms with Gasteiger partial charge in [-0.3, -0.25) is 4.99 Å². The molecule has 2 aliphatic rings. The van der Waals surface area contributed by atoms with E-state index < -0.39 is 0 Å². The van der Waals surface area contributed by atoms with Crippen molar-refractivity contribution in [1.29, 1.82) is 0 Å². The van der Waals surface area contributed by atoms with Crippen molar-refractivity contribution in [2.75, 3.05) is 6.54 Å². The summed E-state index contributed by atoms with van der Waals surface area (Å²) in [4.78, 5) is 9.32. The van der Waals surface area contributed by atoms with Gasteiger partial charge in [-0.25, -0.2) is 4.99 Å². The van der Waals surface area contributed by atoms with Crippen molar-refractivity contribution in [2.24, 2.45) is 15.9 Å². The van der Waals surface area contributed by atoms with E-state index in [1.165, 1.54) is 29.5 Å². The summed E-state index contributed by atoms with van der Waals surface area (Å²) in [6.07, 6.45) is 3.65. The second kappa shape index (κ2) is 4.92. The highest BCUT2D eigenvalue weighted by atomic mass is 15.0. The van der Waals surface area contributed by atoms with Crippen molar-refractivity contribution in [3.63, 3.8) is 0 Å². The lowest BCUT2D eigenvalue weighted by Crippen LogP contribution is -2.05. The van der Waals surface area contributed by atoms with E-state index in [0.717, 1.165) is 24.5 Å². The van der Waals surface area contributed by atoms with Gasteiger partial charge in [-0.1, -0.05) is 32.9 Å². The smallest absolute Gasteiger partial charge is 0.127 e. The first-order chi connectivity index (χ1) is 9.19. The fourth-order valence-corrected chi connectivity index (χ4v) is 2.74. The van der Waals surface area contributed by atoms with Crippen LogP contribution in [0.1, 0.15) is 56.2 Å². The second-order valence-corrected chi connectivity index (χ2v) is 5.93. The van der Waals surface area contributed by atoms with E-state index in [2.05, 4.69) is 44.0 Å². The van der Waals surface area contributed by atoms with Crippen LogP contribution in [0.2, 0.25) is 0 Å². The molecule has 1 heterocycles. The van der Waals surface area contributed by atoms with E-state index >= 15 is 0 Å². The van der Waals surface area contributed by atoms with Gasteiger partial charge >= 0.3 is 0 Å². The minimum absolute atomic E-state index is 0.591. The quantitative estimate of drug-likeness (QED) is 0.776. The summed E-state index contributed by atoms with van der Waals surface area (Å²) in [6.45, 7) is 7.52. The van der Waals surface area contributed by atoms with Crippen LogP contribution < -0.4 is 0 Å². The van der Waals surface area contributed by atoms with Crippen LogP contribution in [0.4, 0.5) is 0 Å². The van der Waals surface area contributed by atoms with Gasteiger partial charge in [-0.15, -0.1) is 0 Å². The summed E-state index contributed by atoms with van der Waals surface area (Å²) in [5.41, 5.74) is 5.34. The van der Waals surface area contributed by atoms with Crippen LogP contribution in [0.15, 0.2) is 28.2 Å². The van der Waals surface area contributed by atoms with Crippen LogP contribution in [0.25, 0.3) is 0 Å². The number of hydrogen-bond acceptors (Lipinski definition) is 2. The van der Waals surface area contributed by atoms with Crippen LogP contribution in [0.3, 0.4) is 0 Å². The van der Waals surface area contributed by atoms with E-state index in [1.807, 2.05) is 0 Å². The molecule has 2 heteroatoms. The molecule has 3 rings (SSSR count). The molecular formula is C17H22N2. The number of nitrogens with zero attached hydrogens (tertiary/aromatic N) is 2. The maximum absolute atomic E-state index is 4.74. The van der Waals surface area contributed by atoms with Crippen molar-refractivity contribution in [2.45, 2.75) is 46.0 Å². The van der Waals surface area contributed by atoms with Crippen molar-refractivity contribution >= 4 is 11.5 Å². The fourth-order valence-electron chi connectivity index (χ4n) is 2.74. The molecule has 1 saturated carbocycles. The Bertz CT molecular complexity index is 548. The monoisotopic (exact) mass is 254 g/mol. The highest BCUT2D eigenvalue weighted by molar-refractivity contribution is 6.13. The number of aliphatic imine (C=N–C) groups is 2. The highest BCUT2D eigenvalue weighted by Crippen LogP contribution is 2.33. The Balaban J connectivity index is 1.88. The van der Waals surface area contributed by atoms with Crippen molar-refractivity contribution in [3.05, 3.63) is 34.9 Å². The summed E-state index contributed by atoms with van der Waals surface area (Å²) < 4.78 is 0. The Morgan fingerprint density at radius 3 is 2.68 bits per heavy atom. The van der Waals surface area contributed by atoms with Gasteiger partial charge in [0.05, 0.1) is 12.3 Å². The summed E-state index contributed by atoms with van der Waals surface area (Å²) in [5, 5.41) is 0. The molecule has 1 aliphatic heterocycles. The Kier molecular flexibility index (Phi) is 3.26. The van der Waals surface area contributed by atoms with Crippen LogP contribution in [0, 0.1) is 5.92 Å². The molecule has 0 aromatic heterocycles. The molecule has 0 bridgehead atoms. The molecule has 0 unspecified atom stereocenters. The normalized spacial score (nSPS) is 18.7. The average Bonchev–Trinajstić information content (AvgIpc) is 3.15. The molecule has 0 spiro atoms. The van der Waals surface area contributed by atoms with E-state index in [0.29, 0.717) is 11.8 Å². The number of amidine groups is 1. The molecule has 19 heavy (non-hydrogen) atoms.